The number of amides is 1. The summed E-state index contributed by atoms with van der Waals surface area (Å²) in [5.74, 6) is 1.49. The number of ether oxygens (including phenoxy) is 1. The lowest BCUT2D eigenvalue weighted by Crippen LogP contribution is -2.48. The molecule has 0 radical (unpaired) electrons. The molecular formula is C32H37F3N6O2. The average Bonchev–Trinajstić information content (AvgIpc) is 3.45. The zero-order valence-electron chi connectivity index (χ0n) is 24.3. The highest BCUT2D eigenvalue weighted by atomic mass is 19.4. The number of rotatable bonds is 7. The summed E-state index contributed by atoms with van der Waals surface area (Å²) in [4.78, 5) is 27.6. The molecule has 0 bridgehead atoms. The number of piperidine rings is 1. The summed E-state index contributed by atoms with van der Waals surface area (Å²) >= 11 is 0. The average molecular weight is 595 g/mol. The number of piperazine rings is 1. The molecule has 3 aliphatic rings. The van der Waals surface area contributed by atoms with Gasteiger partial charge in [0.05, 0.1) is 23.7 Å². The predicted molar refractivity (Wildman–Crippen MR) is 158 cm³/mol. The molecule has 2 saturated heterocycles. The second-order valence-electron chi connectivity index (χ2n) is 11.6. The number of fused-ring (bicyclic) bond motifs is 1. The van der Waals surface area contributed by atoms with E-state index in [1.165, 1.54) is 23.3 Å². The predicted octanol–water partition coefficient (Wildman–Crippen LogP) is 4.74. The maximum absolute atomic E-state index is 13.3. The summed E-state index contributed by atoms with van der Waals surface area (Å²) in [6, 6.07) is 11.6. The summed E-state index contributed by atoms with van der Waals surface area (Å²) in [5.41, 5.74) is 4.46. The van der Waals surface area contributed by atoms with Crippen molar-refractivity contribution in [1.82, 2.24) is 30.0 Å². The fourth-order valence-corrected chi connectivity index (χ4v) is 6.17. The van der Waals surface area contributed by atoms with Gasteiger partial charge >= 0.3 is 6.18 Å². The first-order valence-electron chi connectivity index (χ1n) is 14.8. The second kappa shape index (κ2) is 12.4. The van der Waals surface area contributed by atoms with E-state index in [0.717, 1.165) is 73.6 Å². The number of hydrogen-bond donors (Lipinski definition) is 2. The third-order valence-corrected chi connectivity index (χ3v) is 8.72. The number of H-pyrrole nitrogens is 1. The van der Waals surface area contributed by atoms with Gasteiger partial charge in [-0.05, 0) is 78.9 Å². The van der Waals surface area contributed by atoms with Crippen LogP contribution in [0.25, 0.3) is 11.0 Å². The molecule has 8 nitrogen and oxygen atoms in total. The van der Waals surface area contributed by atoms with Gasteiger partial charge in [0.1, 0.15) is 0 Å². The van der Waals surface area contributed by atoms with Gasteiger partial charge in [-0.2, -0.15) is 13.2 Å². The molecule has 4 heterocycles. The molecule has 0 atom stereocenters. The lowest BCUT2D eigenvalue weighted by Gasteiger charge is -2.34. The van der Waals surface area contributed by atoms with Crippen LogP contribution >= 0.6 is 0 Å². The van der Waals surface area contributed by atoms with Crippen molar-refractivity contribution in [1.29, 1.82) is 0 Å². The van der Waals surface area contributed by atoms with Crippen LogP contribution in [0.1, 0.15) is 46.1 Å². The number of hydrogen-bond acceptors (Lipinski definition) is 6. The summed E-state index contributed by atoms with van der Waals surface area (Å²) in [7, 11) is 1.67. The number of imidazole rings is 1. The van der Waals surface area contributed by atoms with Gasteiger partial charge in [0, 0.05) is 45.8 Å². The second-order valence-corrected chi connectivity index (χ2v) is 11.6. The zero-order chi connectivity index (χ0) is 30.0. The number of carbonyl (C=O) groups is 1. The van der Waals surface area contributed by atoms with Crippen LogP contribution in [0.3, 0.4) is 0 Å². The lowest BCUT2D eigenvalue weighted by atomic mass is 9.89. The minimum absolute atomic E-state index is 0.126. The van der Waals surface area contributed by atoms with Crippen molar-refractivity contribution in [3.05, 3.63) is 88.6 Å². The van der Waals surface area contributed by atoms with E-state index in [1.54, 1.807) is 12.0 Å². The fourth-order valence-electron chi connectivity index (χ4n) is 6.17. The molecule has 0 spiro atoms. The highest BCUT2D eigenvalue weighted by Gasteiger charge is 2.30. The third kappa shape index (κ3) is 6.88. The maximum Gasteiger partial charge on any atom is 0.416 e. The number of benzene rings is 2. The molecule has 3 aliphatic heterocycles. The number of alkyl halides is 3. The molecule has 2 aromatic carbocycles. The molecule has 6 rings (SSSR count). The van der Waals surface area contributed by atoms with Crippen LogP contribution in [0.2, 0.25) is 0 Å². The molecule has 0 unspecified atom stereocenters. The topological polar surface area (TPSA) is 76.7 Å². The molecule has 2 fully saturated rings. The molecule has 11 heteroatoms. The number of dihydropyridines is 1. The highest BCUT2D eigenvalue weighted by molar-refractivity contribution is 5.94. The van der Waals surface area contributed by atoms with Crippen molar-refractivity contribution in [3.63, 3.8) is 0 Å². The van der Waals surface area contributed by atoms with Crippen molar-refractivity contribution in [3.8, 4) is 0 Å². The number of nitrogens with zero attached hydrogens (tertiary/aromatic N) is 4. The van der Waals surface area contributed by atoms with Crippen LogP contribution in [-0.2, 0) is 17.5 Å². The standard InChI is InChI=1S/C32H37F3N6O2/c1-43-29-9-4-23(19-36-29)21-39-12-10-24(11-13-39)25-5-8-27-28(18-25)38-30(37-27)31(42)41-16-14-40(15-17-41)20-22-2-6-26(7-3-22)32(33,34)35/h2-9,18,24,36H,10-17,19-21H2,1H3,(H,37,38). The molecule has 43 heavy (non-hydrogen) atoms. The summed E-state index contributed by atoms with van der Waals surface area (Å²) in [5, 5.41) is 3.28. The fraction of sp³-hybridized carbons (Fsp3) is 0.438. The minimum Gasteiger partial charge on any atom is -0.483 e. The van der Waals surface area contributed by atoms with Gasteiger partial charge in [-0.25, -0.2) is 4.98 Å². The van der Waals surface area contributed by atoms with Crippen molar-refractivity contribution < 1.29 is 22.7 Å². The number of methoxy groups -OCH3 is 1. The Labute approximate surface area is 249 Å². The first-order chi connectivity index (χ1) is 20.7. The van der Waals surface area contributed by atoms with Gasteiger partial charge < -0.3 is 19.9 Å². The van der Waals surface area contributed by atoms with E-state index in [9.17, 15) is 18.0 Å². The van der Waals surface area contributed by atoms with Gasteiger partial charge in [0.25, 0.3) is 5.91 Å². The van der Waals surface area contributed by atoms with Crippen LogP contribution in [0.4, 0.5) is 13.2 Å². The molecular weight excluding hydrogens is 557 g/mol. The Kier molecular flexibility index (Phi) is 8.45. The molecule has 3 aromatic rings. The van der Waals surface area contributed by atoms with Gasteiger partial charge in [-0.15, -0.1) is 0 Å². The van der Waals surface area contributed by atoms with Gasteiger partial charge in [-0.3, -0.25) is 14.6 Å². The Morgan fingerprint density at radius 3 is 2.33 bits per heavy atom. The monoisotopic (exact) mass is 594 g/mol. The Balaban J connectivity index is 1.01. The number of aromatic amines is 1. The maximum atomic E-state index is 13.3. The first kappa shape index (κ1) is 29.3. The number of nitrogens with one attached hydrogen (secondary N) is 2. The zero-order valence-corrected chi connectivity index (χ0v) is 24.3. The molecule has 1 amide bonds. The van der Waals surface area contributed by atoms with Crippen molar-refractivity contribution in [2.75, 3.05) is 59.5 Å². The smallest absolute Gasteiger partial charge is 0.416 e. The van der Waals surface area contributed by atoms with Gasteiger partial charge in [0.15, 0.2) is 11.7 Å². The van der Waals surface area contributed by atoms with E-state index in [4.69, 9.17) is 4.74 Å². The number of halogens is 3. The lowest BCUT2D eigenvalue weighted by molar-refractivity contribution is -0.137. The number of likely N-dealkylation sites (tertiary alicyclic amines) is 1. The SMILES string of the molecule is COC1=CC=C(CN2CCC(c3ccc4[nH]c(C(=O)N5CCN(Cc6ccc(C(F)(F)F)cc6)CC5)nc4c3)CC2)CN1. The van der Waals surface area contributed by atoms with E-state index >= 15 is 0 Å². The van der Waals surface area contributed by atoms with Crippen molar-refractivity contribution in [2.24, 2.45) is 0 Å². The van der Waals surface area contributed by atoms with Crippen LogP contribution in [-0.4, -0.2) is 90.0 Å². The van der Waals surface area contributed by atoms with Crippen LogP contribution in [0.5, 0.6) is 0 Å². The number of carbonyl (C=O) groups excluding carboxylic acids is 1. The molecule has 228 valence electrons. The molecule has 0 aliphatic carbocycles. The van der Waals surface area contributed by atoms with E-state index in [1.807, 2.05) is 12.1 Å². The van der Waals surface area contributed by atoms with Crippen molar-refractivity contribution in [2.45, 2.75) is 31.5 Å². The minimum atomic E-state index is -4.33. The Bertz CT molecular complexity index is 1500. The van der Waals surface area contributed by atoms with Gasteiger partial charge in [0.2, 0.25) is 0 Å². The summed E-state index contributed by atoms with van der Waals surface area (Å²) in [6.45, 7) is 6.77. The van der Waals surface area contributed by atoms with Crippen molar-refractivity contribution >= 4 is 16.9 Å². The van der Waals surface area contributed by atoms with E-state index < -0.39 is 11.7 Å². The third-order valence-electron chi connectivity index (χ3n) is 8.72. The molecule has 1 aromatic heterocycles. The Morgan fingerprint density at radius 2 is 1.67 bits per heavy atom. The van der Waals surface area contributed by atoms with Crippen LogP contribution in [0, 0.1) is 0 Å². The van der Waals surface area contributed by atoms with E-state index in [0.29, 0.717) is 44.5 Å². The van der Waals surface area contributed by atoms with E-state index in [2.05, 4.69) is 43.3 Å². The number of aromatic nitrogens is 2. The normalized spacial score (nSPS) is 19.2. The summed E-state index contributed by atoms with van der Waals surface area (Å²) in [6.07, 6.45) is 1.96. The van der Waals surface area contributed by atoms with Crippen LogP contribution in [0.15, 0.2) is 66.1 Å². The van der Waals surface area contributed by atoms with Gasteiger partial charge in [-0.1, -0.05) is 24.3 Å². The Hall–Kier alpha value is -3.83. The quantitative estimate of drug-likeness (QED) is 0.412. The highest BCUT2D eigenvalue weighted by Crippen LogP contribution is 2.31. The van der Waals surface area contributed by atoms with Crippen LogP contribution < -0.4 is 5.32 Å². The molecule has 0 saturated carbocycles. The molecule has 2 N–H and O–H groups in total. The first-order valence-corrected chi connectivity index (χ1v) is 14.8. The number of allylic oxidation sites excluding steroid dienone is 2. The van der Waals surface area contributed by atoms with E-state index in [-0.39, 0.29) is 5.91 Å². The largest absolute Gasteiger partial charge is 0.483 e. The Morgan fingerprint density at radius 1 is 0.953 bits per heavy atom. The summed E-state index contributed by atoms with van der Waals surface area (Å²) < 4.78 is 43.8.